The second-order valence-electron chi connectivity index (χ2n) is 5.47. The first-order valence-electron chi connectivity index (χ1n) is 7.64. The fourth-order valence-corrected chi connectivity index (χ4v) is 2.44. The van der Waals surface area contributed by atoms with Crippen LogP contribution in [0, 0.1) is 0 Å². The van der Waals surface area contributed by atoms with Crippen molar-refractivity contribution in [3.05, 3.63) is 36.0 Å². The maximum Gasteiger partial charge on any atom is 0.328 e. The number of fused-ring (bicyclic) bond motifs is 1. The molecule has 0 aliphatic carbocycles. The van der Waals surface area contributed by atoms with Gasteiger partial charge in [-0.05, 0) is 11.6 Å². The number of nitrogens with one attached hydrogen (secondary N) is 3. The number of nitrogens with two attached hydrogens (primary N) is 1. The molecule has 0 spiro atoms. The van der Waals surface area contributed by atoms with Gasteiger partial charge in [0.25, 0.3) is 0 Å². The third kappa shape index (κ3) is 4.55. The molecule has 0 aliphatic heterocycles. The lowest BCUT2D eigenvalue weighted by Crippen LogP contribution is -2.54. The third-order valence-electron chi connectivity index (χ3n) is 3.73. The highest BCUT2D eigenvalue weighted by Gasteiger charge is 2.26. The highest BCUT2D eigenvalue weighted by Crippen LogP contribution is 2.19. The summed E-state index contributed by atoms with van der Waals surface area (Å²) in [7, 11) is 0. The summed E-state index contributed by atoms with van der Waals surface area (Å²) in [6, 6.07) is 4.98. The van der Waals surface area contributed by atoms with E-state index in [1.807, 2.05) is 24.3 Å². The molecule has 1 aromatic carbocycles. The molecule has 0 saturated heterocycles. The second-order valence-corrected chi connectivity index (χ2v) is 5.47. The smallest absolute Gasteiger partial charge is 0.328 e. The standard InChI is InChI=1S/C16H20N4O5/c17-6-14(22)19-12(15(23)20-13(8-21)16(24)25)5-9-7-18-11-4-2-1-3-10(9)11/h1-4,7,12-13,18,21H,5-6,8,17H2,(H,19,22)(H,20,23)(H,24,25). The summed E-state index contributed by atoms with van der Waals surface area (Å²) < 4.78 is 0. The molecule has 2 rings (SSSR count). The number of aliphatic hydroxyl groups excluding tert-OH is 1. The van der Waals surface area contributed by atoms with Gasteiger partial charge in [0.15, 0.2) is 0 Å². The highest BCUT2D eigenvalue weighted by molar-refractivity contribution is 5.92. The number of aliphatic hydroxyl groups is 1. The van der Waals surface area contributed by atoms with E-state index in [-0.39, 0.29) is 13.0 Å². The predicted molar refractivity (Wildman–Crippen MR) is 89.6 cm³/mol. The molecule has 2 aromatic rings. The lowest BCUT2D eigenvalue weighted by molar-refractivity contribution is -0.143. The van der Waals surface area contributed by atoms with E-state index in [1.54, 1.807) is 6.20 Å². The van der Waals surface area contributed by atoms with Crippen LogP contribution in [0.2, 0.25) is 0 Å². The lowest BCUT2D eigenvalue weighted by atomic mass is 10.0. The molecule has 2 atom stereocenters. The summed E-state index contributed by atoms with van der Waals surface area (Å²) in [5, 5.41) is 23.6. The Bertz CT molecular complexity index is 773. The van der Waals surface area contributed by atoms with Gasteiger partial charge in [-0.1, -0.05) is 18.2 Å². The van der Waals surface area contributed by atoms with Gasteiger partial charge in [0.05, 0.1) is 13.2 Å². The number of aromatic nitrogens is 1. The van der Waals surface area contributed by atoms with E-state index in [4.69, 9.17) is 15.9 Å². The molecular weight excluding hydrogens is 328 g/mol. The monoisotopic (exact) mass is 348 g/mol. The Morgan fingerprint density at radius 3 is 2.52 bits per heavy atom. The van der Waals surface area contributed by atoms with E-state index < -0.39 is 36.5 Å². The number of aliphatic carboxylic acids is 1. The van der Waals surface area contributed by atoms with Crippen LogP contribution in [0.1, 0.15) is 5.56 Å². The molecule has 0 radical (unpaired) electrons. The summed E-state index contributed by atoms with van der Waals surface area (Å²) in [5.41, 5.74) is 6.93. The number of hydrogen-bond donors (Lipinski definition) is 6. The molecule has 0 fully saturated rings. The van der Waals surface area contributed by atoms with Gasteiger partial charge in [-0.2, -0.15) is 0 Å². The Kier molecular flexibility index (Phi) is 6.09. The van der Waals surface area contributed by atoms with Crippen molar-refractivity contribution >= 4 is 28.7 Å². The molecular formula is C16H20N4O5. The lowest BCUT2D eigenvalue weighted by Gasteiger charge is -2.20. The van der Waals surface area contributed by atoms with Crippen molar-refractivity contribution in [1.82, 2.24) is 15.6 Å². The van der Waals surface area contributed by atoms with E-state index >= 15 is 0 Å². The molecule has 0 bridgehead atoms. The van der Waals surface area contributed by atoms with Gasteiger partial charge in [-0.3, -0.25) is 9.59 Å². The van der Waals surface area contributed by atoms with Gasteiger partial charge in [0.2, 0.25) is 11.8 Å². The topological polar surface area (TPSA) is 158 Å². The van der Waals surface area contributed by atoms with Crippen molar-refractivity contribution in [1.29, 1.82) is 0 Å². The predicted octanol–water partition coefficient (Wildman–Crippen LogP) is -1.28. The normalized spacial score (nSPS) is 13.2. The molecule has 2 amide bonds. The Morgan fingerprint density at radius 2 is 1.88 bits per heavy atom. The van der Waals surface area contributed by atoms with Gasteiger partial charge < -0.3 is 31.6 Å². The van der Waals surface area contributed by atoms with Crippen LogP contribution in [0.3, 0.4) is 0 Å². The zero-order valence-corrected chi connectivity index (χ0v) is 13.4. The second kappa shape index (κ2) is 8.27. The SMILES string of the molecule is NCC(=O)NC(Cc1c[nH]c2ccccc12)C(=O)NC(CO)C(=O)O. The minimum atomic E-state index is -1.45. The van der Waals surface area contributed by atoms with Crippen LogP contribution in [0.15, 0.2) is 30.5 Å². The zero-order valence-electron chi connectivity index (χ0n) is 13.4. The Morgan fingerprint density at radius 1 is 1.16 bits per heavy atom. The van der Waals surface area contributed by atoms with Gasteiger partial charge >= 0.3 is 5.97 Å². The maximum atomic E-state index is 12.4. The third-order valence-corrected chi connectivity index (χ3v) is 3.73. The molecule has 134 valence electrons. The van der Waals surface area contributed by atoms with E-state index in [9.17, 15) is 14.4 Å². The van der Waals surface area contributed by atoms with Crippen LogP contribution < -0.4 is 16.4 Å². The van der Waals surface area contributed by atoms with Crippen molar-refractivity contribution in [3.63, 3.8) is 0 Å². The van der Waals surface area contributed by atoms with Crippen molar-refractivity contribution in [3.8, 4) is 0 Å². The number of carboxylic acid groups (broad SMARTS) is 1. The van der Waals surface area contributed by atoms with Crippen LogP contribution in [-0.2, 0) is 20.8 Å². The van der Waals surface area contributed by atoms with E-state index in [0.29, 0.717) is 0 Å². The number of benzene rings is 1. The van der Waals surface area contributed by atoms with Crippen molar-refractivity contribution in [2.24, 2.45) is 5.73 Å². The summed E-state index contributed by atoms with van der Waals surface area (Å²) in [4.78, 5) is 38.0. The number of amides is 2. The molecule has 25 heavy (non-hydrogen) atoms. The van der Waals surface area contributed by atoms with Crippen LogP contribution in [0.4, 0.5) is 0 Å². The number of carbonyl (C=O) groups excluding carboxylic acids is 2. The number of carboxylic acids is 1. The van der Waals surface area contributed by atoms with Crippen LogP contribution in [-0.4, -0.2) is 58.2 Å². The molecule has 1 heterocycles. The fourth-order valence-electron chi connectivity index (χ4n) is 2.44. The van der Waals surface area contributed by atoms with Gasteiger partial charge in [-0.25, -0.2) is 4.79 Å². The number of aromatic amines is 1. The highest BCUT2D eigenvalue weighted by atomic mass is 16.4. The first-order valence-corrected chi connectivity index (χ1v) is 7.64. The van der Waals surface area contributed by atoms with Crippen LogP contribution in [0.25, 0.3) is 10.9 Å². The quantitative estimate of drug-likeness (QED) is 0.348. The van der Waals surface area contributed by atoms with Gasteiger partial charge in [0, 0.05) is 23.5 Å². The van der Waals surface area contributed by atoms with Gasteiger partial charge in [-0.15, -0.1) is 0 Å². The van der Waals surface area contributed by atoms with Crippen molar-refractivity contribution < 1.29 is 24.6 Å². The molecule has 9 heteroatoms. The Hall–Kier alpha value is -2.91. The average molecular weight is 348 g/mol. The number of carbonyl (C=O) groups is 3. The molecule has 1 aromatic heterocycles. The number of rotatable bonds is 8. The zero-order chi connectivity index (χ0) is 18.4. The maximum absolute atomic E-state index is 12.4. The number of para-hydroxylation sites is 1. The van der Waals surface area contributed by atoms with E-state index in [2.05, 4.69) is 15.6 Å². The summed E-state index contributed by atoms with van der Waals surface area (Å²) in [6.07, 6.45) is 1.86. The molecule has 7 N–H and O–H groups in total. The summed E-state index contributed by atoms with van der Waals surface area (Å²) in [6.45, 7) is -1.06. The summed E-state index contributed by atoms with van der Waals surface area (Å²) in [5.74, 6) is -2.63. The van der Waals surface area contributed by atoms with Crippen molar-refractivity contribution in [2.45, 2.75) is 18.5 Å². The molecule has 9 nitrogen and oxygen atoms in total. The number of hydrogen-bond acceptors (Lipinski definition) is 5. The molecule has 2 unspecified atom stereocenters. The fraction of sp³-hybridized carbons (Fsp3) is 0.312. The first-order chi connectivity index (χ1) is 12.0. The van der Waals surface area contributed by atoms with E-state index in [1.165, 1.54) is 0 Å². The van der Waals surface area contributed by atoms with Gasteiger partial charge in [0.1, 0.15) is 12.1 Å². The number of H-pyrrole nitrogens is 1. The largest absolute Gasteiger partial charge is 0.480 e. The Labute approximate surface area is 143 Å². The average Bonchev–Trinajstić information content (AvgIpc) is 3.01. The summed E-state index contributed by atoms with van der Waals surface area (Å²) >= 11 is 0. The Balaban J connectivity index is 2.21. The van der Waals surface area contributed by atoms with Crippen LogP contribution in [0.5, 0.6) is 0 Å². The van der Waals surface area contributed by atoms with E-state index in [0.717, 1.165) is 16.5 Å². The minimum Gasteiger partial charge on any atom is -0.480 e. The molecule has 0 aliphatic rings. The minimum absolute atomic E-state index is 0.138. The van der Waals surface area contributed by atoms with Crippen LogP contribution >= 0.6 is 0 Å². The molecule has 0 saturated carbocycles. The van der Waals surface area contributed by atoms with Crippen molar-refractivity contribution in [2.75, 3.05) is 13.2 Å². The first kappa shape index (κ1) is 18.4.